The first kappa shape index (κ1) is 13.9. The van der Waals surface area contributed by atoms with Gasteiger partial charge in [0.2, 0.25) is 0 Å². The molecule has 0 aliphatic rings. The Kier molecular flexibility index (Phi) is 3.89. The third-order valence-electron chi connectivity index (χ3n) is 2.93. The fourth-order valence-electron chi connectivity index (χ4n) is 1.78. The van der Waals surface area contributed by atoms with Crippen LogP contribution in [0.25, 0.3) is 11.1 Å². The summed E-state index contributed by atoms with van der Waals surface area (Å²) in [5.74, 6) is 0.337. The Bertz CT molecular complexity index is 654. The highest BCUT2D eigenvalue weighted by atomic mass is 16.5. The molecular weight excluding hydrogens is 252 g/mol. The van der Waals surface area contributed by atoms with Crippen LogP contribution in [-0.4, -0.2) is 11.1 Å². The topological polar surface area (TPSA) is 46.5 Å². The predicted molar refractivity (Wildman–Crippen MR) is 78.7 cm³/mol. The molecule has 3 nitrogen and oxygen atoms in total. The largest absolute Gasteiger partial charge is 0.508 e. The van der Waals surface area contributed by atoms with Crippen LogP contribution in [0.4, 0.5) is 0 Å². The lowest BCUT2D eigenvalue weighted by Crippen LogP contribution is -2.09. The SMILES string of the molecule is C=C(C)C(=O)Oc1ccc(-c2ccc(O)cc2)cc1C. The molecule has 0 aliphatic carbocycles. The Morgan fingerprint density at radius 3 is 2.25 bits per heavy atom. The number of carbonyl (C=O) groups is 1. The van der Waals surface area contributed by atoms with Crippen LogP contribution in [0, 0.1) is 6.92 Å². The van der Waals surface area contributed by atoms with Gasteiger partial charge < -0.3 is 9.84 Å². The van der Waals surface area contributed by atoms with Gasteiger partial charge in [-0.3, -0.25) is 0 Å². The second kappa shape index (κ2) is 5.61. The number of phenolic OH excluding ortho intramolecular Hbond substituents is 1. The van der Waals surface area contributed by atoms with E-state index >= 15 is 0 Å². The smallest absolute Gasteiger partial charge is 0.338 e. The van der Waals surface area contributed by atoms with E-state index in [0.717, 1.165) is 16.7 Å². The molecule has 0 atom stereocenters. The van der Waals surface area contributed by atoms with Crippen molar-refractivity contribution in [1.29, 1.82) is 0 Å². The fraction of sp³-hybridized carbons (Fsp3) is 0.118. The number of hydrogen-bond donors (Lipinski definition) is 1. The van der Waals surface area contributed by atoms with Crippen molar-refractivity contribution in [3.8, 4) is 22.6 Å². The van der Waals surface area contributed by atoms with E-state index in [1.807, 2.05) is 31.2 Å². The van der Waals surface area contributed by atoms with E-state index in [9.17, 15) is 9.90 Å². The Morgan fingerprint density at radius 2 is 1.70 bits per heavy atom. The molecule has 0 bridgehead atoms. The van der Waals surface area contributed by atoms with Crippen LogP contribution in [0.1, 0.15) is 12.5 Å². The number of rotatable bonds is 3. The minimum absolute atomic E-state index is 0.234. The molecule has 1 N–H and O–H groups in total. The van der Waals surface area contributed by atoms with Gasteiger partial charge in [0.25, 0.3) is 0 Å². The molecule has 0 radical (unpaired) electrons. The van der Waals surface area contributed by atoms with Crippen molar-refractivity contribution >= 4 is 5.97 Å². The van der Waals surface area contributed by atoms with Crippen molar-refractivity contribution in [1.82, 2.24) is 0 Å². The third-order valence-corrected chi connectivity index (χ3v) is 2.93. The lowest BCUT2D eigenvalue weighted by atomic mass is 10.0. The standard InChI is InChI=1S/C17H16O3/c1-11(2)17(19)20-16-9-6-14(10-12(16)3)13-4-7-15(18)8-5-13/h4-10,18H,1H2,2-3H3. The number of aromatic hydroxyl groups is 1. The van der Waals surface area contributed by atoms with E-state index < -0.39 is 5.97 Å². The first-order chi connectivity index (χ1) is 9.47. The molecule has 0 aromatic heterocycles. The van der Waals surface area contributed by atoms with E-state index in [1.165, 1.54) is 0 Å². The summed E-state index contributed by atoms with van der Waals surface area (Å²) in [6.45, 7) is 7.05. The van der Waals surface area contributed by atoms with Gasteiger partial charge in [-0.05, 0) is 54.8 Å². The van der Waals surface area contributed by atoms with Crippen LogP contribution >= 0.6 is 0 Å². The number of carbonyl (C=O) groups excluding carboxylic acids is 1. The lowest BCUT2D eigenvalue weighted by Gasteiger charge is -2.09. The Labute approximate surface area is 118 Å². The Hall–Kier alpha value is -2.55. The molecule has 3 heteroatoms. The van der Waals surface area contributed by atoms with E-state index in [0.29, 0.717) is 11.3 Å². The van der Waals surface area contributed by atoms with Crippen molar-refractivity contribution in [2.24, 2.45) is 0 Å². The van der Waals surface area contributed by atoms with Crippen molar-refractivity contribution in [3.63, 3.8) is 0 Å². The second-order valence-corrected chi connectivity index (χ2v) is 4.70. The van der Waals surface area contributed by atoms with Crippen molar-refractivity contribution in [3.05, 3.63) is 60.2 Å². The average Bonchev–Trinajstić information content (AvgIpc) is 2.41. The van der Waals surface area contributed by atoms with E-state index in [-0.39, 0.29) is 5.75 Å². The van der Waals surface area contributed by atoms with Gasteiger partial charge >= 0.3 is 5.97 Å². The molecule has 2 aromatic rings. The molecule has 0 unspecified atom stereocenters. The van der Waals surface area contributed by atoms with Crippen LogP contribution in [0.15, 0.2) is 54.6 Å². The van der Waals surface area contributed by atoms with Gasteiger partial charge in [0, 0.05) is 5.57 Å². The first-order valence-corrected chi connectivity index (χ1v) is 6.25. The summed E-state index contributed by atoms with van der Waals surface area (Å²) in [5, 5.41) is 9.29. The summed E-state index contributed by atoms with van der Waals surface area (Å²) in [6, 6.07) is 12.5. The minimum atomic E-state index is -0.425. The molecule has 20 heavy (non-hydrogen) atoms. The number of benzene rings is 2. The zero-order chi connectivity index (χ0) is 14.7. The fourth-order valence-corrected chi connectivity index (χ4v) is 1.78. The highest BCUT2D eigenvalue weighted by Gasteiger charge is 2.09. The van der Waals surface area contributed by atoms with Crippen molar-refractivity contribution in [2.45, 2.75) is 13.8 Å². The molecule has 0 aliphatic heterocycles. The number of esters is 1. The summed E-state index contributed by atoms with van der Waals surface area (Å²) in [4.78, 5) is 11.5. The Morgan fingerprint density at radius 1 is 1.10 bits per heavy atom. The average molecular weight is 268 g/mol. The van der Waals surface area contributed by atoms with Crippen LogP contribution in [0.3, 0.4) is 0 Å². The maximum absolute atomic E-state index is 11.5. The summed E-state index contributed by atoms with van der Waals surface area (Å²) in [7, 11) is 0. The van der Waals surface area contributed by atoms with Gasteiger partial charge in [0.1, 0.15) is 11.5 Å². The van der Waals surface area contributed by atoms with Gasteiger partial charge in [-0.1, -0.05) is 24.8 Å². The molecule has 0 saturated carbocycles. The molecule has 0 spiro atoms. The predicted octanol–water partition coefficient (Wildman–Crippen LogP) is 3.85. The highest BCUT2D eigenvalue weighted by Crippen LogP contribution is 2.27. The number of hydrogen-bond acceptors (Lipinski definition) is 3. The molecular formula is C17H16O3. The molecule has 0 amide bonds. The van der Waals surface area contributed by atoms with E-state index in [2.05, 4.69) is 6.58 Å². The van der Waals surface area contributed by atoms with Crippen molar-refractivity contribution in [2.75, 3.05) is 0 Å². The molecule has 102 valence electrons. The molecule has 0 heterocycles. The molecule has 0 fully saturated rings. The van der Waals surface area contributed by atoms with Crippen LogP contribution < -0.4 is 4.74 Å². The van der Waals surface area contributed by atoms with Crippen molar-refractivity contribution < 1.29 is 14.6 Å². The molecule has 0 saturated heterocycles. The highest BCUT2D eigenvalue weighted by molar-refractivity contribution is 5.89. The third kappa shape index (κ3) is 3.06. The zero-order valence-corrected chi connectivity index (χ0v) is 11.5. The van der Waals surface area contributed by atoms with Crippen LogP contribution in [0.5, 0.6) is 11.5 Å². The van der Waals surface area contributed by atoms with Gasteiger partial charge in [0.15, 0.2) is 0 Å². The number of phenols is 1. The second-order valence-electron chi connectivity index (χ2n) is 4.70. The number of aryl methyl sites for hydroxylation is 1. The van der Waals surface area contributed by atoms with Gasteiger partial charge in [-0.15, -0.1) is 0 Å². The number of ether oxygens (including phenoxy) is 1. The Balaban J connectivity index is 2.28. The quantitative estimate of drug-likeness (QED) is 0.522. The van der Waals surface area contributed by atoms with Gasteiger partial charge in [0.05, 0.1) is 0 Å². The molecule has 2 aromatic carbocycles. The summed E-state index contributed by atoms with van der Waals surface area (Å²) < 4.78 is 5.24. The maximum Gasteiger partial charge on any atom is 0.338 e. The summed E-state index contributed by atoms with van der Waals surface area (Å²) in [5.41, 5.74) is 3.22. The maximum atomic E-state index is 11.5. The summed E-state index contributed by atoms with van der Waals surface area (Å²) in [6.07, 6.45) is 0. The van der Waals surface area contributed by atoms with Gasteiger partial charge in [-0.25, -0.2) is 4.79 Å². The van der Waals surface area contributed by atoms with E-state index in [4.69, 9.17) is 4.74 Å². The normalized spacial score (nSPS) is 10.1. The van der Waals surface area contributed by atoms with Gasteiger partial charge in [-0.2, -0.15) is 0 Å². The zero-order valence-electron chi connectivity index (χ0n) is 11.5. The summed E-state index contributed by atoms with van der Waals surface area (Å²) >= 11 is 0. The molecule has 2 rings (SSSR count). The van der Waals surface area contributed by atoms with Crippen LogP contribution in [-0.2, 0) is 4.79 Å². The monoisotopic (exact) mass is 268 g/mol. The minimum Gasteiger partial charge on any atom is -0.508 e. The van der Waals surface area contributed by atoms with Crippen LogP contribution in [0.2, 0.25) is 0 Å². The first-order valence-electron chi connectivity index (χ1n) is 6.25. The lowest BCUT2D eigenvalue weighted by molar-refractivity contribution is -0.130. The van der Waals surface area contributed by atoms with E-state index in [1.54, 1.807) is 25.1 Å².